The number of thioether (sulfide) groups is 1. The minimum atomic E-state index is -0.831. The number of hydrogen-bond donors (Lipinski definition) is 1. The van der Waals surface area contributed by atoms with Gasteiger partial charge in [0.05, 0.1) is 7.11 Å². The third-order valence-corrected chi connectivity index (χ3v) is 4.28. The maximum atomic E-state index is 11.3. The highest BCUT2D eigenvalue weighted by Gasteiger charge is 2.31. The van der Waals surface area contributed by atoms with Crippen LogP contribution in [0.2, 0.25) is 0 Å². The molecule has 2 N–H and O–H groups in total. The first-order chi connectivity index (χ1) is 6.56. The molecule has 0 heterocycles. The lowest BCUT2D eigenvalue weighted by atomic mass is 10.1. The molecule has 0 spiro atoms. The number of carbonyl (C=O) groups is 1. The topological polar surface area (TPSA) is 52.3 Å². The summed E-state index contributed by atoms with van der Waals surface area (Å²) in [5.41, 5.74) is 5.02. The van der Waals surface area contributed by atoms with Gasteiger partial charge in [-0.3, -0.25) is 4.79 Å². The molecular formula is C10H19NO2S. The first-order valence-electron chi connectivity index (χ1n) is 5.05. The molecule has 1 unspecified atom stereocenters. The normalized spacial score (nSPS) is 21.9. The predicted molar refractivity (Wildman–Crippen MR) is 59.3 cm³/mol. The second-order valence-electron chi connectivity index (χ2n) is 4.13. The van der Waals surface area contributed by atoms with Gasteiger partial charge in [-0.2, -0.15) is 11.8 Å². The average Bonchev–Trinajstić information content (AvgIpc) is 2.66. The number of nitrogens with two attached hydrogens (primary N) is 1. The van der Waals surface area contributed by atoms with Crippen LogP contribution in [0.4, 0.5) is 0 Å². The van der Waals surface area contributed by atoms with E-state index >= 15 is 0 Å². The summed E-state index contributed by atoms with van der Waals surface area (Å²) in [6.07, 6.45) is 5.16. The van der Waals surface area contributed by atoms with Crippen LogP contribution >= 0.6 is 11.8 Å². The number of rotatable bonds is 4. The summed E-state index contributed by atoms with van der Waals surface area (Å²) < 4.78 is 4.65. The van der Waals surface area contributed by atoms with E-state index in [9.17, 15) is 4.79 Å². The fourth-order valence-electron chi connectivity index (χ4n) is 1.64. The van der Waals surface area contributed by atoms with Crippen molar-refractivity contribution in [3.63, 3.8) is 0 Å². The van der Waals surface area contributed by atoms with Gasteiger partial charge >= 0.3 is 5.97 Å². The molecule has 0 aliphatic heterocycles. The Hall–Kier alpha value is -0.220. The van der Waals surface area contributed by atoms with E-state index in [0.29, 0.717) is 11.0 Å². The Morgan fingerprint density at radius 3 is 2.64 bits per heavy atom. The molecule has 1 aliphatic rings. The Bertz CT molecular complexity index is 200. The SMILES string of the molecule is COC(=O)C(C)(N)CSC1CCCC1. The van der Waals surface area contributed by atoms with Crippen molar-refractivity contribution >= 4 is 17.7 Å². The van der Waals surface area contributed by atoms with Crippen LogP contribution in [-0.4, -0.2) is 29.6 Å². The van der Waals surface area contributed by atoms with Crippen molar-refractivity contribution in [2.75, 3.05) is 12.9 Å². The fraction of sp³-hybridized carbons (Fsp3) is 0.900. The van der Waals surface area contributed by atoms with Crippen molar-refractivity contribution in [2.24, 2.45) is 5.73 Å². The Morgan fingerprint density at radius 1 is 1.57 bits per heavy atom. The van der Waals surface area contributed by atoms with Gasteiger partial charge in [0.1, 0.15) is 5.54 Å². The molecule has 82 valence electrons. The largest absolute Gasteiger partial charge is 0.468 e. The van der Waals surface area contributed by atoms with E-state index in [-0.39, 0.29) is 5.97 Å². The second kappa shape index (κ2) is 5.03. The van der Waals surface area contributed by atoms with E-state index in [0.717, 1.165) is 0 Å². The Morgan fingerprint density at radius 2 is 2.14 bits per heavy atom. The molecule has 3 nitrogen and oxygen atoms in total. The molecule has 14 heavy (non-hydrogen) atoms. The monoisotopic (exact) mass is 217 g/mol. The number of methoxy groups -OCH3 is 1. The third kappa shape index (κ3) is 3.17. The fourth-order valence-corrected chi connectivity index (χ4v) is 3.00. The summed E-state index contributed by atoms with van der Waals surface area (Å²) in [7, 11) is 1.38. The van der Waals surface area contributed by atoms with Crippen LogP contribution in [0.5, 0.6) is 0 Å². The van der Waals surface area contributed by atoms with Crippen LogP contribution in [0.25, 0.3) is 0 Å². The average molecular weight is 217 g/mol. The highest BCUT2D eigenvalue weighted by atomic mass is 32.2. The van der Waals surface area contributed by atoms with E-state index in [2.05, 4.69) is 4.74 Å². The maximum absolute atomic E-state index is 11.3. The number of esters is 1. The van der Waals surface area contributed by atoms with E-state index in [1.165, 1.54) is 32.8 Å². The lowest BCUT2D eigenvalue weighted by Gasteiger charge is -2.22. The van der Waals surface area contributed by atoms with Gasteiger partial charge in [-0.1, -0.05) is 12.8 Å². The lowest BCUT2D eigenvalue weighted by Crippen LogP contribution is -2.48. The zero-order valence-electron chi connectivity index (χ0n) is 8.91. The summed E-state index contributed by atoms with van der Waals surface area (Å²) in [5.74, 6) is 0.340. The molecule has 4 heteroatoms. The summed E-state index contributed by atoms with van der Waals surface area (Å²) in [6.45, 7) is 1.74. The Kier molecular flexibility index (Phi) is 4.26. The van der Waals surface area contributed by atoms with Crippen molar-refractivity contribution in [1.29, 1.82) is 0 Å². The van der Waals surface area contributed by atoms with Gasteiger partial charge in [-0.05, 0) is 19.8 Å². The van der Waals surface area contributed by atoms with Crippen LogP contribution in [-0.2, 0) is 9.53 Å². The smallest absolute Gasteiger partial charge is 0.326 e. The zero-order valence-corrected chi connectivity index (χ0v) is 9.73. The van der Waals surface area contributed by atoms with Gasteiger partial charge in [-0.15, -0.1) is 0 Å². The van der Waals surface area contributed by atoms with Crippen molar-refractivity contribution < 1.29 is 9.53 Å². The number of hydrogen-bond acceptors (Lipinski definition) is 4. The number of carbonyl (C=O) groups excluding carboxylic acids is 1. The quantitative estimate of drug-likeness (QED) is 0.726. The minimum absolute atomic E-state index is 0.317. The van der Waals surface area contributed by atoms with E-state index < -0.39 is 5.54 Å². The molecule has 0 saturated heterocycles. The Labute approximate surface area is 89.8 Å². The van der Waals surface area contributed by atoms with Gasteiger partial charge in [0.25, 0.3) is 0 Å². The van der Waals surface area contributed by atoms with Gasteiger partial charge in [-0.25, -0.2) is 0 Å². The molecule has 0 aromatic rings. The molecule has 1 saturated carbocycles. The molecule has 1 fully saturated rings. The molecular weight excluding hydrogens is 198 g/mol. The summed E-state index contributed by atoms with van der Waals surface area (Å²) in [6, 6.07) is 0. The zero-order chi connectivity index (χ0) is 10.6. The minimum Gasteiger partial charge on any atom is -0.468 e. The molecule has 1 aliphatic carbocycles. The van der Waals surface area contributed by atoms with Gasteiger partial charge in [0.15, 0.2) is 0 Å². The molecule has 0 amide bonds. The predicted octanol–water partition coefficient (Wildman–Crippen LogP) is 1.55. The van der Waals surface area contributed by atoms with Crippen LogP contribution < -0.4 is 5.73 Å². The molecule has 0 aromatic carbocycles. The molecule has 0 radical (unpaired) electrons. The summed E-state index contributed by atoms with van der Waals surface area (Å²) >= 11 is 1.81. The summed E-state index contributed by atoms with van der Waals surface area (Å²) in [4.78, 5) is 11.3. The molecule has 0 bridgehead atoms. The maximum Gasteiger partial charge on any atom is 0.326 e. The van der Waals surface area contributed by atoms with Gasteiger partial charge in [0, 0.05) is 11.0 Å². The third-order valence-electron chi connectivity index (χ3n) is 2.57. The molecule has 1 atom stereocenters. The molecule has 0 aromatic heterocycles. The number of ether oxygens (including phenoxy) is 1. The van der Waals surface area contributed by atoms with E-state index in [1.54, 1.807) is 6.92 Å². The lowest BCUT2D eigenvalue weighted by molar-refractivity contribution is -0.145. The summed E-state index contributed by atoms with van der Waals surface area (Å²) in [5, 5.41) is 0.697. The van der Waals surface area contributed by atoms with Crippen LogP contribution in [0, 0.1) is 0 Å². The van der Waals surface area contributed by atoms with Crippen LogP contribution in [0.3, 0.4) is 0 Å². The van der Waals surface area contributed by atoms with Crippen molar-refractivity contribution in [2.45, 2.75) is 43.4 Å². The van der Waals surface area contributed by atoms with E-state index in [4.69, 9.17) is 5.73 Å². The standard InChI is InChI=1S/C10H19NO2S/c1-10(11,9(12)13-2)7-14-8-5-3-4-6-8/h8H,3-7,11H2,1-2H3. The first kappa shape index (κ1) is 11.9. The molecule has 1 rings (SSSR count). The van der Waals surface area contributed by atoms with Gasteiger partial charge in [0.2, 0.25) is 0 Å². The van der Waals surface area contributed by atoms with Crippen LogP contribution in [0.15, 0.2) is 0 Å². The van der Waals surface area contributed by atoms with Crippen LogP contribution in [0.1, 0.15) is 32.6 Å². The van der Waals surface area contributed by atoms with Gasteiger partial charge < -0.3 is 10.5 Å². The Balaban J connectivity index is 2.31. The highest BCUT2D eigenvalue weighted by molar-refractivity contribution is 8.00. The highest BCUT2D eigenvalue weighted by Crippen LogP contribution is 2.31. The second-order valence-corrected chi connectivity index (χ2v) is 5.42. The van der Waals surface area contributed by atoms with Crippen molar-refractivity contribution in [1.82, 2.24) is 0 Å². The first-order valence-corrected chi connectivity index (χ1v) is 6.10. The van der Waals surface area contributed by atoms with Crippen molar-refractivity contribution in [3.05, 3.63) is 0 Å². The van der Waals surface area contributed by atoms with E-state index in [1.807, 2.05) is 11.8 Å². The van der Waals surface area contributed by atoms with Crippen molar-refractivity contribution in [3.8, 4) is 0 Å².